The molecule has 0 bridgehead atoms. The zero-order valence-electron chi connectivity index (χ0n) is 21.5. The highest BCUT2D eigenvalue weighted by atomic mass is 19.4. The van der Waals surface area contributed by atoms with Gasteiger partial charge in [0.05, 0.1) is 22.1 Å². The van der Waals surface area contributed by atoms with Gasteiger partial charge in [0.2, 0.25) is 5.82 Å². The molecule has 0 amide bonds. The normalized spacial score (nSPS) is 11.9. The largest absolute Gasteiger partial charge is 0.422 e. The second-order valence-corrected chi connectivity index (χ2v) is 9.51. The van der Waals surface area contributed by atoms with Crippen LogP contribution in [-0.4, -0.2) is 24.1 Å². The molecule has 0 aliphatic carbocycles. The smallest absolute Gasteiger partial charge is 0.288 e. The molecule has 0 aliphatic rings. The summed E-state index contributed by atoms with van der Waals surface area (Å²) in [6.07, 6.45) is -5.18. The van der Waals surface area contributed by atoms with E-state index in [4.69, 9.17) is 0 Å². The Morgan fingerprint density at radius 1 is 0.524 bits per heavy atom. The number of nitrogens with zero attached hydrogens (tertiary/aromatic N) is 5. The molecule has 3 aromatic heterocycles. The van der Waals surface area contributed by atoms with Crippen molar-refractivity contribution in [3.8, 4) is 34.3 Å². The highest BCUT2D eigenvalue weighted by Crippen LogP contribution is 2.43. The van der Waals surface area contributed by atoms with Crippen molar-refractivity contribution in [1.29, 1.82) is 0 Å². The maximum Gasteiger partial charge on any atom is 0.422 e. The van der Waals surface area contributed by atoms with Gasteiger partial charge in [-0.3, -0.25) is 9.13 Å². The summed E-state index contributed by atoms with van der Waals surface area (Å²) in [6, 6.07) is 29.7. The summed E-state index contributed by atoms with van der Waals surface area (Å²) in [5.74, 6) is -4.19. The highest BCUT2D eigenvalue weighted by molar-refractivity contribution is 5.86. The lowest BCUT2D eigenvalue weighted by molar-refractivity contribution is -0.137. The number of pyridine rings is 1. The number of hydrogen-bond donors (Lipinski definition) is 0. The molecule has 0 radical (unpaired) electrons. The van der Waals surface area contributed by atoms with E-state index < -0.39 is 35.0 Å². The van der Waals surface area contributed by atoms with E-state index in [0.717, 1.165) is 9.13 Å². The molecular formula is C32H18F5N5. The number of rotatable bonds is 4. The van der Waals surface area contributed by atoms with Gasteiger partial charge in [-0.25, -0.2) is 9.97 Å². The minimum Gasteiger partial charge on any atom is -0.288 e. The van der Waals surface area contributed by atoms with Crippen molar-refractivity contribution < 1.29 is 22.0 Å². The summed E-state index contributed by atoms with van der Waals surface area (Å²) in [5, 5.41) is 0. The van der Waals surface area contributed by atoms with Gasteiger partial charge in [0, 0.05) is 11.1 Å². The Balaban J connectivity index is 1.66. The molecule has 0 spiro atoms. The topological polar surface area (TPSA) is 48.5 Å². The quantitative estimate of drug-likeness (QED) is 0.159. The Morgan fingerprint density at radius 3 is 1.50 bits per heavy atom. The van der Waals surface area contributed by atoms with Crippen LogP contribution in [0, 0.1) is 11.8 Å². The predicted molar refractivity (Wildman–Crippen MR) is 149 cm³/mol. The third kappa shape index (κ3) is 4.02. The first-order valence-corrected chi connectivity index (χ1v) is 12.9. The van der Waals surface area contributed by atoms with Gasteiger partial charge in [-0.15, -0.1) is 0 Å². The molecule has 7 rings (SSSR count). The highest BCUT2D eigenvalue weighted by Gasteiger charge is 2.43. The van der Waals surface area contributed by atoms with Crippen molar-refractivity contribution in [3.05, 3.63) is 127 Å². The summed E-state index contributed by atoms with van der Waals surface area (Å²) >= 11 is 0. The number of para-hydroxylation sites is 4. The van der Waals surface area contributed by atoms with Gasteiger partial charge in [0.1, 0.15) is 22.9 Å². The maximum atomic E-state index is 15.9. The van der Waals surface area contributed by atoms with Gasteiger partial charge in [-0.1, -0.05) is 84.9 Å². The van der Waals surface area contributed by atoms with E-state index in [1.165, 1.54) is 6.07 Å². The Bertz CT molecular complexity index is 2100. The van der Waals surface area contributed by atoms with Crippen LogP contribution in [0.1, 0.15) is 5.56 Å². The molecule has 5 nitrogen and oxygen atoms in total. The molecule has 0 N–H and O–H groups in total. The molecule has 10 heteroatoms. The van der Waals surface area contributed by atoms with E-state index in [1.54, 1.807) is 103 Å². The molecule has 0 atom stereocenters. The molecule has 0 saturated carbocycles. The number of benzene rings is 4. The third-order valence-corrected chi connectivity index (χ3v) is 6.96. The monoisotopic (exact) mass is 567 g/mol. The molecule has 0 fully saturated rings. The molecular weight excluding hydrogens is 549 g/mol. The van der Waals surface area contributed by atoms with Gasteiger partial charge >= 0.3 is 6.18 Å². The zero-order chi connectivity index (χ0) is 29.0. The van der Waals surface area contributed by atoms with Gasteiger partial charge < -0.3 is 0 Å². The van der Waals surface area contributed by atoms with E-state index >= 15 is 22.0 Å². The second-order valence-electron chi connectivity index (χ2n) is 9.51. The Kier molecular flexibility index (Phi) is 5.86. The number of hydrogen-bond acceptors (Lipinski definition) is 3. The fraction of sp³-hybridized carbons (Fsp3) is 0.0312. The van der Waals surface area contributed by atoms with E-state index in [9.17, 15) is 0 Å². The Labute approximate surface area is 235 Å². The average Bonchev–Trinajstić information content (AvgIpc) is 3.58. The average molecular weight is 568 g/mol. The van der Waals surface area contributed by atoms with Crippen molar-refractivity contribution in [1.82, 2.24) is 24.1 Å². The van der Waals surface area contributed by atoms with Gasteiger partial charge in [-0.2, -0.15) is 26.9 Å². The fourth-order valence-corrected chi connectivity index (χ4v) is 5.20. The predicted octanol–water partition coefficient (Wildman–Crippen LogP) is 8.39. The van der Waals surface area contributed by atoms with E-state index in [2.05, 4.69) is 15.0 Å². The van der Waals surface area contributed by atoms with E-state index in [-0.39, 0.29) is 22.7 Å². The summed E-state index contributed by atoms with van der Waals surface area (Å²) < 4.78 is 79.4. The standard InChI is InChI=1S/C32H18F5N5/c33-26-27(41-23-17-9-7-15-21(23)38-29(41)19-11-3-1-4-12-19)25(32(35,36)37)31(40-28(26)34)42-24-18-10-8-16-22(24)39-30(42)20-13-5-2-6-14-20/h1-18H. The fourth-order valence-electron chi connectivity index (χ4n) is 5.20. The molecule has 3 heterocycles. The first-order chi connectivity index (χ1) is 20.3. The van der Waals surface area contributed by atoms with Crippen LogP contribution < -0.4 is 0 Å². The van der Waals surface area contributed by atoms with Crippen LogP contribution in [0.4, 0.5) is 22.0 Å². The zero-order valence-corrected chi connectivity index (χ0v) is 21.5. The first-order valence-electron chi connectivity index (χ1n) is 12.9. The van der Waals surface area contributed by atoms with Crippen molar-refractivity contribution >= 4 is 22.1 Å². The molecule has 42 heavy (non-hydrogen) atoms. The van der Waals surface area contributed by atoms with Crippen LogP contribution in [0.2, 0.25) is 0 Å². The minimum atomic E-state index is -5.18. The van der Waals surface area contributed by atoms with Gasteiger partial charge in [0.15, 0.2) is 5.82 Å². The molecule has 0 aliphatic heterocycles. The third-order valence-electron chi connectivity index (χ3n) is 6.96. The Morgan fingerprint density at radius 2 is 0.976 bits per heavy atom. The number of aromatic nitrogens is 5. The van der Waals surface area contributed by atoms with Crippen molar-refractivity contribution in [2.75, 3.05) is 0 Å². The summed E-state index contributed by atoms with van der Waals surface area (Å²) in [6.45, 7) is 0. The van der Waals surface area contributed by atoms with E-state index in [0.29, 0.717) is 22.2 Å². The van der Waals surface area contributed by atoms with Gasteiger partial charge in [0.25, 0.3) is 5.95 Å². The number of fused-ring (bicyclic) bond motifs is 2. The Hall–Kier alpha value is -5.38. The number of alkyl halides is 3. The van der Waals surface area contributed by atoms with Crippen LogP contribution in [0.15, 0.2) is 109 Å². The summed E-state index contributed by atoms with van der Waals surface area (Å²) in [7, 11) is 0. The number of imidazole rings is 2. The number of halogens is 5. The lowest BCUT2D eigenvalue weighted by atomic mass is 10.1. The molecule has 0 saturated heterocycles. The lowest BCUT2D eigenvalue weighted by Gasteiger charge is -2.21. The van der Waals surface area contributed by atoms with E-state index in [1.807, 2.05) is 0 Å². The maximum absolute atomic E-state index is 15.9. The first kappa shape index (κ1) is 25.6. The van der Waals surface area contributed by atoms with Crippen molar-refractivity contribution in [3.63, 3.8) is 0 Å². The van der Waals surface area contributed by atoms with Gasteiger partial charge in [-0.05, 0) is 24.3 Å². The lowest BCUT2D eigenvalue weighted by Crippen LogP contribution is -2.21. The van der Waals surface area contributed by atoms with Crippen LogP contribution in [0.25, 0.3) is 56.3 Å². The summed E-state index contributed by atoms with van der Waals surface area (Å²) in [4.78, 5) is 12.7. The second kappa shape index (κ2) is 9.62. The van der Waals surface area contributed by atoms with Crippen LogP contribution in [0.3, 0.4) is 0 Å². The molecule has 4 aromatic carbocycles. The molecule has 7 aromatic rings. The molecule has 0 unspecified atom stereocenters. The van der Waals surface area contributed by atoms with Crippen LogP contribution in [-0.2, 0) is 6.18 Å². The van der Waals surface area contributed by atoms with Crippen molar-refractivity contribution in [2.24, 2.45) is 0 Å². The van der Waals surface area contributed by atoms with Crippen LogP contribution in [0.5, 0.6) is 0 Å². The summed E-state index contributed by atoms with van der Waals surface area (Å²) in [5.41, 5.74) is -0.570. The molecule has 206 valence electrons. The van der Waals surface area contributed by atoms with Crippen LogP contribution >= 0.6 is 0 Å². The minimum absolute atomic E-state index is 0.0107. The SMILES string of the molecule is Fc1nc(-n2c(-c3ccccc3)nc3ccccc32)c(C(F)(F)F)c(-n2c(-c3ccccc3)nc3ccccc32)c1F. The van der Waals surface area contributed by atoms with Crippen molar-refractivity contribution in [2.45, 2.75) is 6.18 Å².